The summed E-state index contributed by atoms with van der Waals surface area (Å²) >= 11 is 2.03. The molecule has 90 valence electrons. The van der Waals surface area contributed by atoms with Gasteiger partial charge in [0.15, 0.2) is 0 Å². The van der Waals surface area contributed by atoms with Gasteiger partial charge in [-0.3, -0.25) is 4.90 Å². The summed E-state index contributed by atoms with van der Waals surface area (Å²) < 4.78 is 0. The zero-order valence-corrected chi connectivity index (χ0v) is 11.1. The van der Waals surface area contributed by atoms with E-state index in [1.807, 2.05) is 11.8 Å². The van der Waals surface area contributed by atoms with Gasteiger partial charge in [-0.25, -0.2) is 0 Å². The summed E-state index contributed by atoms with van der Waals surface area (Å²) in [7, 11) is 0. The second kappa shape index (κ2) is 7.53. The molecule has 0 aromatic rings. The van der Waals surface area contributed by atoms with Gasteiger partial charge in [0.2, 0.25) is 0 Å². The molecular weight excluding hydrogens is 204 g/mol. The number of nitrogens with two attached hydrogens (primary N) is 1. The number of hydrogen-bond acceptors (Lipinski definition) is 3. The van der Waals surface area contributed by atoms with Crippen LogP contribution in [0.25, 0.3) is 0 Å². The van der Waals surface area contributed by atoms with Gasteiger partial charge in [-0.05, 0) is 43.2 Å². The first-order chi connectivity index (χ1) is 7.31. The molecule has 1 aliphatic carbocycles. The van der Waals surface area contributed by atoms with Crippen molar-refractivity contribution in [2.75, 3.05) is 31.1 Å². The Balaban J connectivity index is 2.24. The number of thioether (sulfide) groups is 1. The summed E-state index contributed by atoms with van der Waals surface area (Å²) in [5, 5.41) is 0. The van der Waals surface area contributed by atoms with E-state index in [2.05, 4.69) is 18.7 Å². The van der Waals surface area contributed by atoms with Gasteiger partial charge in [-0.2, -0.15) is 11.8 Å². The Hall–Kier alpha value is 0.270. The molecule has 0 radical (unpaired) electrons. The lowest BCUT2D eigenvalue weighted by atomic mass is 10.2. The number of nitrogens with zero attached hydrogens (tertiary/aromatic N) is 1. The molecule has 0 aliphatic heterocycles. The average molecular weight is 230 g/mol. The van der Waals surface area contributed by atoms with E-state index >= 15 is 0 Å². The fourth-order valence-electron chi connectivity index (χ4n) is 1.98. The first kappa shape index (κ1) is 13.3. The third-order valence-electron chi connectivity index (χ3n) is 3.18. The van der Waals surface area contributed by atoms with Crippen molar-refractivity contribution in [3.8, 4) is 0 Å². The maximum absolute atomic E-state index is 5.88. The van der Waals surface area contributed by atoms with Crippen LogP contribution in [-0.4, -0.2) is 42.1 Å². The van der Waals surface area contributed by atoms with Crippen LogP contribution in [0.15, 0.2) is 0 Å². The zero-order valence-electron chi connectivity index (χ0n) is 10.2. The van der Waals surface area contributed by atoms with Crippen LogP contribution in [0, 0.1) is 5.92 Å². The lowest BCUT2D eigenvalue weighted by molar-refractivity contribution is 0.198. The average Bonchev–Trinajstić information content (AvgIpc) is 3.06. The van der Waals surface area contributed by atoms with Gasteiger partial charge in [0.25, 0.3) is 0 Å². The molecule has 0 aromatic heterocycles. The topological polar surface area (TPSA) is 29.3 Å². The van der Waals surface area contributed by atoms with Crippen molar-refractivity contribution in [1.29, 1.82) is 0 Å². The quantitative estimate of drug-likeness (QED) is 0.616. The highest BCUT2D eigenvalue weighted by Crippen LogP contribution is 2.30. The SMILES string of the molecule is CCSCCC(CN)N(CC)CC1CC1. The van der Waals surface area contributed by atoms with Crippen LogP contribution in [0.3, 0.4) is 0 Å². The Morgan fingerprint density at radius 3 is 2.60 bits per heavy atom. The van der Waals surface area contributed by atoms with Crippen LogP contribution in [-0.2, 0) is 0 Å². The largest absolute Gasteiger partial charge is 0.329 e. The predicted octanol–water partition coefficient (Wildman–Crippen LogP) is 2.19. The summed E-state index contributed by atoms with van der Waals surface area (Å²) in [5.41, 5.74) is 5.88. The van der Waals surface area contributed by atoms with Gasteiger partial charge >= 0.3 is 0 Å². The third-order valence-corrected chi connectivity index (χ3v) is 4.12. The summed E-state index contributed by atoms with van der Waals surface area (Å²) in [5.74, 6) is 3.48. The van der Waals surface area contributed by atoms with Crippen molar-refractivity contribution in [2.45, 2.75) is 39.2 Å². The summed E-state index contributed by atoms with van der Waals surface area (Å²) in [4.78, 5) is 2.59. The van der Waals surface area contributed by atoms with E-state index in [0.717, 1.165) is 19.0 Å². The molecule has 0 saturated heterocycles. The Morgan fingerprint density at radius 1 is 1.40 bits per heavy atom. The van der Waals surface area contributed by atoms with Gasteiger partial charge in [0, 0.05) is 19.1 Å². The smallest absolute Gasteiger partial charge is 0.0226 e. The first-order valence-corrected chi connectivity index (χ1v) is 7.49. The lowest BCUT2D eigenvalue weighted by Gasteiger charge is -2.29. The van der Waals surface area contributed by atoms with E-state index in [-0.39, 0.29) is 0 Å². The van der Waals surface area contributed by atoms with Crippen LogP contribution >= 0.6 is 11.8 Å². The minimum absolute atomic E-state index is 0.620. The highest BCUT2D eigenvalue weighted by atomic mass is 32.2. The van der Waals surface area contributed by atoms with E-state index in [4.69, 9.17) is 5.73 Å². The van der Waals surface area contributed by atoms with Crippen LogP contribution in [0.4, 0.5) is 0 Å². The molecule has 15 heavy (non-hydrogen) atoms. The molecule has 1 atom stereocenters. The molecule has 0 aromatic carbocycles. The fourth-order valence-corrected chi connectivity index (χ4v) is 2.71. The Morgan fingerprint density at radius 2 is 2.13 bits per heavy atom. The van der Waals surface area contributed by atoms with Crippen LogP contribution in [0.1, 0.15) is 33.1 Å². The van der Waals surface area contributed by atoms with Crippen molar-refractivity contribution < 1.29 is 0 Å². The summed E-state index contributed by atoms with van der Waals surface area (Å²) in [6.07, 6.45) is 4.14. The Labute approximate surface area is 99.0 Å². The van der Waals surface area contributed by atoms with E-state index in [1.54, 1.807) is 0 Å². The molecule has 2 nitrogen and oxygen atoms in total. The second-order valence-electron chi connectivity index (χ2n) is 4.41. The molecule has 2 N–H and O–H groups in total. The highest BCUT2D eigenvalue weighted by Gasteiger charge is 2.26. The predicted molar refractivity (Wildman–Crippen MR) is 70.4 cm³/mol. The van der Waals surface area contributed by atoms with Crippen LogP contribution in [0.5, 0.6) is 0 Å². The van der Waals surface area contributed by atoms with E-state index in [1.165, 1.54) is 37.3 Å². The van der Waals surface area contributed by atoms with Crippen molar-refractivity contribution in [3.05, 3.63) is 0 Å². The number of hydrogen-bond donors (Lipinski definition) is 1. The maximum Gasteiger partial charge on any atom is 0.0226 e. The Bertz CT molecular complexity index is 160. The van der Waals surface area contributed by atoms with Gasteiger partial charge in [0.05, 0.1) is 0 Å². The van der Waals surface area contributed by atoms with E-state index < -0.39 is 0 Å². The Kier molecular flexibility index (Phi) is 6.69. The van der Waals surface area contributed by atoms with Crippen molar-refractivity contribution in [2.24, 2.45) is 11.7 Å². The second-order valence-corrected chi connectivity index (χ2v) is 5.80. The molecule has 0 amide bonds. The molecular formula is C12H26N2S. The summed E-state index contributed by atoms with van der Waals surface area (Å²) in [6, 6.07) is 0.620. The molecule has 0 spiro atoms. The third kappa shape index (κ3) is 5.23. The molecule has 1 rings (SSSR count). The molecule has 1 unspecified atom stereocenters. The molecule has 1 saturated carbocycles. The monoisotopic (exact) mass is 230 g/mol. The molecule has 1 fully saturated rings. The number of likely N-dealkylation sites (N-methyl/N-ethyl adjacent to an activating group) is 1. The van der Waals surface area contributed by atoms with Crippen molar-refractivity contribution in [3.63, 3.8) is 0 Å². The van der Waals surface area contributed by atoms with E-state index in [0.29, 0.717) is 6.04 Å². The van der Waals surface area contributed by atoms with E-state index in [9.17, 15) is 0 Å². The fraction of sp³-hybridized carbons (Fsp3) is 1.00. The summed E-state index contributed by atoms with van der Waals surface area (Å²) in [6.45, 7) is 7.76. The van der Waals surface area contributed by atoms with Gasteiger partial charge in [-0.15, -0.1) is 0 Å². The molecule has 0 heterocycles. The normalized spacial score (nSPS) is 18.4. The maximum atomic E-state index is 5.88. The van der Waals surface area contributed by atoms with Crippen LogP contribution < -0.4 is 5.73 Å². The van der Waals surface area contributed by atoms with Crippen molar-refractivity contribution >= 4 is 11.8 Å². The standard InChI is InChI=1S/C12H26N2S/c1-3-14(10-11-5-6-11)12(9-13)7-8-15-4-2/h11-12H,3-10,13H2,1-2H3. The van der Waals surface area contributed by atoms with Gasteiger partial charge in [-0.1, -0.05) is 13.8 Å². The number of rotatable bonds is 9. The van der Waals surface area contributed by atoms with Crippen molar-refractivity contribution in [1.82, 2.24) is 4.90 Å². The molecule has 1 aliphatic rings. The zero-order chi connectivity index (χ0) is 11.1. The minimum atomic E-state index is 0.620. The molecule has 0 bridgehead atoms. The van der Waals surface area contributed by atoms with Gasteiger partial charge < -0.3 is 5.73 Å². The first-order valence-electron chi connectivity index (χ1n) is 6.33. The molecule has 3 heteroatoms. The lowest BCUT2D eigenvalue weighted by Crippen LogP contribution is -2.42. The highest BCUT2D eigenvalue weighted by molar-refractivity contribution is 7.99. The van der Waals surface area contributed by atoms with Crippen LogP contribution in [0.2, 0.25) is 0 Å². The van der Waals surface area contributed by atoms with Gasteiger partial charge in [0.1, 0.15) is 0 Å². The minimum Gasteiger partial charge on any atom is -0.329 e.